The van der Waals surface area contributed by atoms with E-state index in [9.17, 15) is 18.6 Å². The summed E-state index contributed by atoms with van der Waals surface area (Å²) in [4.78, 5) is 0.00519. The monoisotopic (exact) mass is 278 g/mol. The first-order chi connectivity index (χ1) is 8.82. The Hall–Kier alpha value is -2.41. The first-order valence-corrected chi connectivity index (χ1v) is 6.81. The van der Waals surface area contributed by atoms with Crippen LogP contribution in [0.25, 0.3) is 11.1 Å². The van der Waals surface area contributed by atoms with Gasteiger partial charge in [0.15, 0.2) is 0 Å². The highest BCUT2D eigenvalue weighted by molar-refractivity contribution is 7.92. The van der Waals surface area contributed by atoms with Gasteiger partial charge in [0, 0.05) is 11.1 Å². The molecule has 1 aliphatic rings. The first-order valence-electron chi connectivity index (χ1n) is 5.33. The second kappa shape index (κ2) is 3.33. The summed E-state index contributed by atoms with van der Waals surface area (Å²) in [6.07, 6.45) is 0. The smallest absolute Gasteiger partial charge is 0.207 e. The van der Waals surface area contributed by atoms with Gasteiger partial charge in [-0.1, -0.05) is 0 Å². The minimum Gasteiger partial charge on any atom is -0.506 e. The summed E-state index contributed by atoms with van der Waals surface area (Å²) in [6, 6.07) is 4.94. The number of benzene rings is 2. The molecule has 0 saturated heterocycles. The third-order valence-corrected chi connectivity index (χ3v) is 4.96. The summed E-state index contributed by atoms with van der Waals surface area (Å²) in [5, 5.41) is 19.2. The zero-order valence-electron chi connectivity index (χ0n) is 9.58. The number of nitrogens with two attached hydrogens (primary N) is 2. The van der Waals surface area contributed by atoms with Crippen LogP contribution in [0.5, 0.6) is 11.5 Å². The van der Waals surface area contributed by atoms with Gasteiger partial charge in [0.25, 0.3) is 0 Å². The number of hydrogen-bond acceptors (Lipinski definition) is 6. The third-order valence-electron chi connectivity index (χ3n) is 3.13. The standard InChI is InChI=1S/C12H10N2O4S/c13-7-3-11-5(1-9(7)15)6-2-10(16)8(14)4-12(6)19(11,17)18/h1-4,15-16H,13-14H2. The van der Waals surface area contributed by atoms with Gasteiger partial charge in [-0.3, -0.25) is 0 Å². The molecule has 98 valence electrons. The fourth-order valence-electron chi connectivity index (χ4n) is 2.15. The van der Waals surface area contributed by atoms with E-state index in [2.05, 4.69) is 0 Å². The molecule has 0 atom stereocenters. The van der Waals surface area contributed by atoms with Crippen molar-refractivity contribution in [1.82, 2.24) is 0 Å². The van der Waals surface area contributed by atoms with Crippen LogP contribution in [0.15, 0.2) is 34.1 Å². The number of phenols is 2. The van der Waals surface area contributed by atoms with Crippen molar-refractivity contribution in [2.45, 2.75) is 9.79 Å². The van der Waals surface area contributed by atoms with E-state index in [1.54, 1.807) is 0 Å². The van der Waals surface area contributed by atoms with Gasteiger partial charge in [-0.25, -0.2) is 8.42 Å². The number of nitrogen functional groups attached to an aromatic ring is 2. The Morgan fingerprint density at radius 3 is 1.53 bits per heavy atom. The first kappa shape index (κ1) is 11.7. The molecule has 0 aliphatic carbocycles. The normalized spacial score (nSPS) is 14.9. The fourth-order valence-corrected chi connectivity index (χ4v) is 3.87. The maximum atomic E-state index is 12.3. The molecule has 0 radical (unpaired) electrons. The molecule has 7 heteroatoms. The average Bonchev–Trinajstić information content (AvgIpc) is 2.52. The second-order valence-corrected chi connectivity index (χ2v) is 6.20. The van der Waals surface area contributed by atoms with Gasteiger partial charge in [-0.15, -0.1) is 0 Å². The minimum atomic E-state index is -3.73. The zero-order chi connectivity index (χ0) is 13.9. The van der Waals surface area contributed by atoms with E-state index in [4.69, 9.17) is 11.5 Å². The van der Waals surface area contributed by atoms with Crippen molar-refractivity contribution in [2.24, 2.45) is 0 Å². The molecule has 19 heavy (non-hydrogen) atoms. The molecule has 2 aromatic carbocycles. The summed E-state index contributed by atoms with van der Waals surface area (Å²) in [5.74, 6) is -0.420. The van der Waals surface area contributed by atoms with Crippen molar-refractivity contribution < 1.29 is 18.6 Å². The van der Waals surface area contributed by atoms with Gasteiger partial charge in [0.05, 0.1) is 21.2 Å². The molecular formula is C12H10N2O4S. The Bertz CT molecular complexity index is 765. The number of hydrogen-bond donors (Lipinski definition) is 4. The molecule has 6 nitrogen and oxygen atoms in total. The third kappa shape index (κ3) is 1.39. The van der Waals surface area contributed by atoms with E-state index in [0.717, 1.165) is 0 Å². The van der Waals surface area contributed by atoms with Crippen LogP contribution >= 0.6 is 0 Å². The van der Waals surface area contributed by atoms with Crippen molar-refractivity contribution in [3.05, 3.63) is 24.3 Å². The average molecular weight is 278 g/mol. The Morgan fingerprint density at radius 1 is 0.789 bits per heavy atom. The lowest BCUT2D eigenvalue weighted by atomic mass is 10.0. The molecule has 6 N–H and O–H groups in total. The number of fused-ring (bicyclic) bond motifs is 3. The Balaban J connectivity index is 2.48. The molecule has 1 heterocycles. The molecule has 1 aliphatic heterocycles. The maximum Gasteiger partial charge on any atom is 0.207 e. The predicted octanol–water partition coefficient (Wildman–Crippen LogP) is 1.08. The summed E-state index contributed by atoms with van der Waals surface area (Å²) < 4.78 is 24.7. The molecule has 0 bridgehead atoms. The summed E-state index contributed by atoms with van der Waals surface area (Å²) in [7, 11) is -3.73. The van der Waals surface area contributed by atoms with Crippen molar-refractivity contribution in [3.8, 4) is 22.6 Å². The number of aromatic hydroxyl groups is 2. The molecule has 3 rings (SSSR count). The van der Waals surface area contributed by atoms with Crippen LogP contribution in [0.3, 0.4) is 0 Å². The highest BCUT2D eigenvalue weighted by Gasteiger charge is 2.34. The van der Waals surface area contributed by atoms with E-state index in [0.29, 0.717) is 11.1 Å². The largest absolute Gasteiger partial charge is 0.506 e. The van der Waals surface area contributed by atoms with Crippen molar-refractivity contribution >= 4 is 21.2 Å². The SMILES string of the molecule is Nc1cc2c(cc1O)-c1cc(O)c(N)cc1S2(=O)=O. The summed E-state index contributed by atoms with van der Waals surface area (Å²) in [6.45, 7) is 0. The predicted molar refractivity (Wildman–Crippen MR) is 69.5 cm³/mol. The van der Waals surface area contributed by atoms with Crippen molar-refractivity contribution in [1.29, 1.82) is 0 Å². The van der Waals surface area contributed by atoms with Gasteiger partial charge in [0.2, 0.25) is 9.84 Å². The van der Waals surface area contributed by atoms with E-state index in [1.165, 1.54) is 24.3 Å². The molecule has 0 aromatic heterocycles. The van der Waals surface area contributed by atoms with Crippen LogP contribution in [0, 0.1) is 0 Å². The van der Waals surface area contributed by atoms with Gasteiger partial charge in [-0.2, -0.15) is 0 Å². The highest BCUT2D eigenvalue weighted by atomic mass is 32.2. The Labute approximate surface area is 108 Å². The lowest BCUT2D eigenvalue weighted by Gasteiger charge is -2.04. The minimum absolute atomic E-state index is 0.00259. The molecule has 0 saturated carbocycles. The summed E-state index contributed by atoms with van der Waals surface area (Å²) in [5.41, 5.74) is 11.6. The van der Waals surface area contributed by atoms with E-state index >= 15 is 0 Å². The number of phenolic OH excluding ortho intramolecular Hbond substituents is 2. The van der Waals surface area contributed by atoms with E-state index in [1.807, 2.05) is 0 Å². The quantitative estimate of drug-likeness (QED) is 0.360. The van der Waals surface area contributed by atoms with Gasteiger partial charge >= 0.3 is 0 Å². The molecule has 0 spiro atoms. The van der Waals surface area contributed by atoms with Crippen molar-refractivity contribution in [3.63, 3.8) is 0 Å². The van der Waals surface area contributed by atoms with Crippen LogP contribution in [0.1, 0.15) is 0 Å². The molecular weight excluding hydrogens is 268 g/mol. The maximum absolute atomic E-state index is 12.3. The van der Waals surface area contributed by atoms with E-state index in [-0.39, 0.29) is 32.7 Å². The lowest BCUT2D eigenvalue weighted by molar-refractivity contribution is 0.476. The molecule has 0 unspecified atom stereocenters. The zero-order valence-corrected chi connectivity index (χ0v) is 10.4. The number of rotatable bonds is 0. The van der Waals surface area contributed by atoms with Crippen LogP contribution < -0.4 is 11.5 Å². The second-order valence-electron chi connectivity index (χ2n) is 4.32. The van der Waals surface area contributed by atoms with Crippen LogP contribution in [-0.2, 0) is 9.84 Å². The highest BCUT2D eigenvalue weighted by Crippen LogP contribution is 2.48. The lowest BCUT2D eigenvalue weighted by Crippen LogP contribution is -1.99. The Morgan fingerprint density at radius 2 is 1.16 bits per heavy atom. The van der Waals surface area contributed by atoms with Crippen LogP contribution in [-0.4, -0.2) is 18.6 Å². The number of sulfone groups is 1. The fraction of sp³-hybridized carbons (Fsp3) is 0. The van der Waals surface area contributed by atoms with Crippen LogP contribution in [0.4, 0.5) is 11.4 Å². The van der Waals surface area contributed by atoms with Gasteiger partial charge < -0.3 is 21.7 Å². The van der Waals surface area contributed by atoms with Crippen LogP contribution in [0.2, 0.25) is 0 Å². The summed E-state index contributed by atoms with van der Waals surface area (Å²) >= 11 is 0. The molecule has 0 fully saturated rings. The number of anilines is 2. The van der Waals surface area contributed by atoms with Gasteiger partial charge in [-0.05, 0) is 24.3 Å². The van der Waals surface area contributed by atoms with E-state index < -0.39 is 9.84 Å². The van der Waals surface area contributed by atoms with Gasteiger partial charge in [0.1, 0.15) is 11.5 Å². The Kier molecular flexibility index (Phi) is 2.04. The van der Waals surface area contributed by atoms with Crippen molar-refractivity contribution in [2.75, 3.05) is 11.5 Å². The topological polar surface area (TPSA) is 127 Å². The molecule has 2 aromatic rings. The molecule has 0 amide bonds.